The third-order valence-corrected chi connectivity index (χ3v) is 4.87. The summed E-state index contributed by atoms with van der Waals surface area (Å²) < 4.78 is 11.1. The highest BCUT2D eigenvalue weighted by atomic mass is 35.5. The van der Waals surface area contributed by atoms with Crippen LogP contribution in [0.3, 0.4) is 0 Å². The molecule has 1 aliphatic heterocycles. The number of hydrogen-bond donors (Lipinski definition) is 1. The minimum absolute atomic E-state index is 0.0219. The van der Waals surface area contributed by atoms with E-state index in [2.05, 4.69) is 10.2 Å². The molecule has 2 heterocycles. The molecule has 1 aromatic carbocycles. The predicted octanol–water partition coefficient (Wildman–Crippen LogP) is 3.57. The number of amides is 1. The monoisotopic (exact) mass is 362 g/mol. The third-order valence-electron chi connectivity index (χ3n) is 4.44. The molecule has 0 radical (unpaired) electrons. The Labute approximate surface area is 152 Å². The second kappa shape index (κ2) is 8.41. The van der Waals surface area contributed by atoms with Gasteiger partial charge in [0.05, 0.1) is 12.3 Å². The van der Waals surface area contributed by atoms with Crippen molar-refractivity contribution in [2.75, 3.05) is 26.2 Å². The number of furan rings is 1. The molecule has 6 heteroatoms. The van der Waals surface area contributed by atoms with E-state index in [9.17, 15) is 4.79 Å². The number of benzene rings is 1. The van der Waals surface area contributed by atoms with Crippen LogP contribution in [0.25, 0.3) is 0 Å². The lowest BCUT2D eigenvalue weighted by Gasteiger charge is -2.26. The molecule has 0 aliphatic carbocycles. The molecule has 1 N–H and O–H groups in total. The predicted molar refractivity (Wildman–Crippen MR) is 96.9 cm³/mol. The first-order chi connectivity index (χ1) is 12.1. The minimum Gasteiger partial charge on any atom is -0.484 e. The van der Waals surface area contributed by atoms with Crippen molar-refractivity contribution in [1.29, 1.82) is 0 Å². The Morgan fingerprint density at radius 2 is 2.16 bits per heavy atom. The van der Waals surface area contributed by atoms with Gasteiger partial charge in [-0.05, 0) is 68.8 Å². The molecule has 134 valence electrons. The molecular formula is C19H23ClN2O3. The van der Waals surface area contributed by atoms with Gasteiger partial charge in [0.2, 0.25) is 0 Å². The van der Waals surface area contributed by atoms with Gasteiger partial charge >= 0.3 is 0 Å². The van der Waals surface area contributed by atoms with E-state index < -0.39 is 0 Å². The van der Waals surface area contributed by atoms with Crippen LogP contribution in [0.5, 0.6) is 5.75 Å². The van der Waals surface area contributed by atoms with E-state index in [-0.39, 0.29) is 18.6 Å². The van der Waals surface area contributed by atoms with Crippen LogP contribution in [0.1, 0.15) is 30.2 Å². The van der Waals surface area contributed by atoms with Gasteiger partial charge in [0.15, 0.2) is 6.61 Å². The summed E-state index contributed by atoms with van der Waals surface area (Å²) in [4.78, 5) is 14.5. The summed E-state index contributed by atoms with van der Waals surface area (Å²) in [5, 5.41) is 3.64. The Morgan fingerprint density at radius 3 is 2.84 bits per heavy atom. The number of halogens is 1. The molecule has 1 aromatic heterocycles. The summed E-state index contributed by atoms with van der Waals surface area (Å²) in [6, 6.07) is 9.27. The van der Waals surface area contributed by atoms with Gasteiger partial charge in [-0.15, -0.1) is 0 Å². The molecule has 5 nitrogen and oxygen atoms in total. The van der Waals surface area contributed by atoms with Crippen molar-refractivity contribution in [3.8, 4) is 5.75 Å². The fourth-order valence-electron chi connectivity index (χ4n) is 3.06. The quantitative estimate of drug-likeness (QED) is 0.818. The van der Waals surface area contributed by atoms with Gasteiger partial charge in [-0.25, -0.2) is 0 Å². The van der Waals surface area contributed by atoms with Crippen molar-refractivity contribution in [1.82, 2.24) is 10.2 Å². The smallest absolute Gasteiger partial charge is 0.258 e. The number of rotatable bonds is 7. The first-order valence-electron chi connectivity index (χ1n) is 8.56. The Morgan fingerprint density at radius 1 is 1.36 bits per heavy atom. The summed E-state index contributed by atoms with van der Waals surface area (Å²) in [6.45, 7) is 4.45. The van der Waals surface area contributed by atoms with Crippen LogP contribution < -0.4 is 10.1 Å². The van der Waals surface area contributed by atoms with Crippen LogP contribution in [-0.4, -0.2) is 37.0 Å². The second-order valence-electron chi connectivity index (χ2n) is 6.28. The molecule has 0 saturated carbocycles. The van der Waals surface area contributed by atoms with Gasteiger partial charge in [0, 0.05) is 11.6 Å². The molecule has 0 bridgehead atoms. The van der Waals surface area contributed by atoms with Gasteiger partial charge in [0.1, 0.15) is 11.5 Å². The highest BCUT2D eigenvalue weighted by molar-refractivity contribution is 6.31. The molecule has 1 saturated heterocycles. The third kappa shape index (κ3) is 4.77. The molecule has 25 heavy (non-hydrogen) atoms. The summed E-state index contributed by atoms with van der Waals surface area (Å²) in [7, 11) is 0. The zero-order valence-electron chi connectivity index (χ0n) is 14.3. The maximum absolute atomic E-state index is 12.1. The zero-order chi connectivity index (χ0) is 17.6. The van der Waals surface area contributed by atoms with E-state index in [0.717, 1.165) is 24.4 Å². The summed E-state index contributed by atoms with van der Waals surface area (Å²) >= 11 is 5.99. The molecular weight excluding hydrogens is 340 g/mol. The highest BCUT2D eigenvalue weighted by Gasteiger charge is 2.25. The number of likely N-dealkylation sites (tertiary alicyclic amines) is 1. The molecule has 1 fully saturated rings. The summed E-state index contributed by atoms with van der Waals surface area (Å²) in [5.41, 5.74) is 0.923. The number of hydrogen-bond acceptors (Lipinski definition) is 4. The topological polar surface area (TPSA) is 54.7 Å². The Hall–Kier alpha value is -1.98. The van der Waals surface area contributed by atoms with Crippen LogP contribution in [0, 0.1) is 6.92 Å². The Bertz CT molecular complexity index is 697. The molecule has 2 aromatic rings. The maximum atomic E-state index is 12.1. The van der Waals surface area contributed by atoms with E-state index in [1.165, 1.54) is 12.8 Å². The van der Waals surface area contributed by atoms with Crippen molar-refractivity contribution in [2.24, 2.45) is 0 Å². The fourth-order valence-corrected chi connectivity index (χ4v) is 3.18. The van der Waals surface area contributed by atoms with Crippen molar-refractivity contribution >= 4 is 17.5 Å². The lowest BCUT2D eigenvalue weighted by Crippen LogP contribution is -2.38. The lowest BCUT2D eigenvalue weighted by molar-refractivity contribution is -0.123. The number of carbonyl (C=O) groups is 1. The minimum atomic E-state index is -0.150. The van der Waals surface area contributed by atoms with Gasteiger partial charge in [-0.3, -0.25) is 9.69 Å². The average molecular weight is 363 g/mol. The summed E-state index contributed by atoms with van der Waals surface area (Å²) in [6.07, 6.45) is 4.04. The van der Waals surface area contributed by atoms with Crippen LogP contribution in [0.2, 0.25) is 5.02 Å². The fraction of sp³-hybridized carbons (Fsp3) is 0.421. The summed E-state index contributed by atoms with van der Waals surface area (Å²) in [5.74, 6) is 1.37. The van der Waals surface area contributed by atoms with E-state index in [4.69, 9.17) is 20.8 Å². The first-order valence-corrected chi connectivity index (χ1v) is 8.94. The van der Waals surface area contributed by atoms with Crippen molar-refractivity contribution in [3.05, 3.63) is 52.9 Å². The van der Waals surface area contributed by atoms with Crippen LogP contribution >= 0.6 is 11.6 Å². The number of carbonyl (C=O) groups excluding carboxylic acids is 1. The van der Waals surface area contributed by atoms with Gasteiger partial charge in [0.25, 0.3) is 5.91 Å². The lowest BCUT2D eigenvalue weighted by atomic mass is 10.2. The molecule has 1 amide bonds. The molecule has 3 rings (SSSR count). The number of aryl methyl sites for hydroxylation is 1. The SMILES string of the molecule is Cc1cc(OCC(=O)NC[C@H](c2ccco2)N2CCCC2)ccc1Cl. The van der Waals surface area contributed by atoms with Crippen LogP contribution in [-0.2, 0) is 4.79 Å². The average Bonchev–Trinajstić information content (AvgIpc) is 3.30. The highest BCUT2D eigenvalue weighted by Crippen LogP contribution is 2.25. The number of nitrogens with one attached hydrogen (secondary N) is 1. The molecule has 0 spiro atoms. The van der Waals surface area contributed by atoms with Crippen molar-refractivity contribution in [2.45, 2.75) is 25.8 Å². The second-order valence-corrected chi connectivity index (χ2v) is 6.69. The first kappa shape index (κ1) is 17.8. The Kier molecular flexibility index (Phi) is 6.00. The van der Waals surface area contributed by atoms with Gasteiger partial charge in [-0.2, -0.15) is 0 Å². The van der Waals surface area contributed by atoms with E-state index in [1.54, 1.807) is 18.4 Å². The largest absolute Gasteiger partial charge is 0.484 e. The van der Waals surface area contributed by atoms with E-state index >= 15 is 0 Å². The molecule has 1 aliphatic rings. The maximum Gasteiger partial charge on any atom is 0.258 e. The van der Waals surface area contributed by atoms with E-state index in [0.29, 0.717) is 17.3 Å². The van der Waals surface area contributed by atoms with Crippen molar-refractivity contribution in [3.63, 3.8) is 0 Å². The molecule has 0 unspecified atom stereocenters. The standard InChI is InChI=1S/C19H23ClN2O3/c1-14-11-15(6-7-16(14)20)25-13-19(23)21-12-17(18-5-4-10-24-18)22-8-2-3-9-22/h4-7,10-11,17H,2-3,8-9,12-13H2,1H3,(H,21,23)/t17-/m1/s1. The van der Waals surface area contributed by atoms with Crippen LogP contribution in [0.15, 0.2) is 41.0 Å². The number of ether oxygens (including phenoxy) is 1. The van der Waals surface area contributed by atoms with Gasteiger partial charge < -0.3 is 14.5 Å². The number of nitrogens with zero attached hydrogens (tertiary/aromatic N) is 1. The van der Waals surface area contributed by atoms with E-state index in [1.807, 2.05) is 25.1 Å². The van der Waals surface area contributed by atoms with Gasteiger partial charge in [-0.1, -0.05) is 11.6 Å². The van der Waals surface area contributed by atoms with Crippen LogP contribution in [0.4, 0.5) is 0 Å². The zero-order valence-corrected chi connectivity index (χ0v) is 15.1. The van der Waals surface area contributed by atoms with Crippen molar-refractivity contribution < 1.29 is 13.9 Å². The Balaban J connectivity index is 1.51. The normalized spacial score (nSPS) is 15.9. The molecule has 1 atom stereocenters.